The molecular weight excluding hydrogens is 286 g/mol. The van der Waals surface area contributed by atoms with E-state index < -0.39 is 5.97 Å². The van der Waals surface area contributed by atoms with Gasteiger partial charge in [0.2, 0.25) is 0 Å². The van der Waals surface area contributed by atoms with Crippen molar-refractivity contribution in [1.29, 1.82) is 5.26 Å². The Morgan fingerprint density at radius 3 is 2.23 bits per heavy atom. The van der Waals surface area contributed by atoms with Crippen molar-refractivity contribution in [3.8, 4) is 29.1 Å². The van der Waals surface area contributed by atoms with E-state index in [2.05, 4.69) is 0 Å². The van der Waals surface area contributed by atoms with Crippen molar-refractivity contribution in [1.82, 2.24) is 0 Å². The van der Waals surface area contributed by atoms with Crippen molar-refractivity contribution in [2.45, 2.75) is 0 Å². The Labute approximate surface area is 127 Å². The molecule has 0 unspecified atom stereocenters. The quantitative estimate of drug-likeness (QED) is 0.689. The Balaban J connectivity index is 2.27. The molecule has 2 aromatic carbocycles. The molecule has 0 amide bonds. The minimum atomic E-state index is -0.747. The zero-order valence-corrected chi connectivity index (χ0v) is 12.0. The van der Waals surface area contributed by atoms with E-state index in [9.17, 15) is 9.90 Å². The normalized spacial score (nSPS) is 9.68. The van der Waals surface area contributed by atoms with Gasteiger partial charge in [-0.2, -0.15) is 5.26 Å². The van der Waals surface area contributed by atoms with Gasteiger partial charge in [-0.15, -0.1) is 0 Å². The predicted molar refractivity (Wildman–Crippen MR) is 77.3 cm³/mol. The number of nitrogens with zero attached hydrogens (tertiary/aromatic N) is 1. The molecule has 0 spiro atoms. The van der Waals surface area contributed by atoms with Crippen molar-refractivity contribution >= 4 is 5.97 Å². The van der Waals surface area contributed by atoms with Crippen molar-refractivity contribution in [2.75, 3.05) is 14.2 Å². The number of hydrogen-bond acceptors (Lipinski definition) is 6. The second-order valence-corrected chi connectivity index (χ2v) is 4.25. The SMILES string of the molecule is COc1cc(O)c(C(=O)Oc2ccc(C#N)cc2)cc1OC. The number of rotatable bonds is 4. The molecule has 2 rings (SSSR count). The van der Waals surface area contributed by atoms with Gasteiger partial charge in [0.1, 0.15) is 17.1 Å². The molecule has 0 heterocycles. The number of benzene rings is 2. The van der Waals surface area contributed by atoms with E-state index in [0.717, 1.165) is 0 Å². The Hall–Kier alpha value is -3.20. The molecule has 0 bridgehead atoms. The molecule has 0 fully saturated rings. The standard InChI is InChI=1S/C16H13NO5/c1-20-14-7-12(13(18)8-15(14)21-2)16(19)22-11-5-3-10(9-17)4-6-11/h3-8,18H,1-2H3. The second-order valence-electron chi connectivity index (χ2n) is 4.25. The van der Waals surface area contributed by atoms with Gasteiger partial charge in [0.05, 0.1) is 25.9 Å². The molecule has 6 heteroatoms. The largest absolute Gasteiger partial charge is 0.507 e. The highest BCUT2D eigenvalue weighted by atomic mass is 16.5. The van der Waals surface area contributed by atoms with E-state index in [-0.39, 0.29) is 17.1 Å². The summed E-state index contributed by atoms with van der Waals surface area (Å²) in [5.74, 6) is -0.167. The van der Waals surface area contributed by atoms with E-state index in [0.29, 0.717) is 17.1 Å². The summed E-state index contributed by atoms with van der Waals surface area (Å²) in [5, 5.41) is 18.6. The highest BCUT2D eigenvalue weighted by Gasteiger charge is 2.18. The molecular formula is C16H13NO5. The zero-order chi connectivity index (χ0) is 16.1. The number of methoxy groups -OCH3 is 2. The van der Waals surface area contributed by atoms with Gasteiger partial charge in [-0.1, -0.05) is 0 Å². The van der Waals surface area contributed by atoms with Gasteiger partial charge in [-0.05, 0) is 24.3 Å². The summed E-state index contributed by atoms with van der Waals surface area (Å²) < 4.78 is 15.3. The number of aromatic hydroxyl groups is 1. The first-order chi connectivity index (χ1) is 10.6. The zero-order valence-electron chi connectivity index (χ0n) is 12.0. The van der Waals surface area contributed by atoms with Crippen LogP contribution < -0.4 is 14.2 Å². The number of phenolic OH excluding ortho intramolecular Hbond substituents is 1. The molecule has 0 atom stereocenters. The van der Waals surface area contributed by atoms with Crippen LogP contribution >= 0.6 is 0 Å². The fraction of sp³-hybridized carbons (Fsp3) is 0.125. The molecule has 112 valence electrons. The maximum Gasteiger partial charge on any atom is 0.347 e. The molecule has 6 nitrogen and oxygen atoms in total. The van der Waals surface area contributed by atoms with E-state index in [1.54, 1.807) is 0 Å². The van der Waals surface area contributed by atoms with Crippen molar-refractivity contribution in [2.24, 2.45) is 0 Å². The van der Waals surface area contributed by atoms with Gasteiger partial charge in [-0.3, -0.25) is 0 Å². The Kier molecular flexibility index (Phi) is 4.49. The number of ether oxygens (including phenoxy) is 3. The number of carbonyl (C=O) groups excluding carboxylic acids is 1. The molecule has 22 heavy (non-hydrogen) atoms. The minimum Gasteiger partial charge on any atom is -0.507 e. The molecule has 0 aliphatic rings. The van der Waals surface area contributed by atoms with Crippen LogP contribution in [0.15, 0.2) is 36.4 Å². The summed E-state index contributed by atoms with van der Waals surface area (Å²) in [6, 6.07) is 10.6. The smallest absolute Gasteiger partial charge is 0.347 e. The lowest BCUT2D eigenvalue weighted by Gasteiger charge is -2.11. The van der Waals surface area contributed by atoms with Crippen molar-refractivity contribution in [3.63, 3.8) is 0 Å². The van der Waals surface area contributed by atoms with Crippen LogP contribution in [0.25, 0.3) is 0 Å². The molecule has 2 aromatic rings. The minimum absolute atomic E-state index is 0.0537. The van der Waals surface area contributed by atoms with Crippen LogP contribution in [0.4, 0.5) is 0 Å². The molecule has 0 aliphatic heterocycles. The summed E-state index contributed by atoms with van der Waals surface area (Å²) in [6.45, 7) is 0. The first-order valence-electron chi connectivity index (χ1n) is 6.26. The first-order valence-corrected chi connectivity index (χ1v) is 6.26. The maximum atomic E-state index is 12.1. The number of carbonyl (C=O) groups is 1. The third-order valence-electron chi connectivity index (χ3n) is 2.92. The van der Waals surface area contributed by atoms with Gasteiger partial charge in [0.15, 0.2) is 11.5 Å². The van der Waals surface area contributed by atoms with E-state index in [1.165, 1.54) is 50.6 Å². The van der Waals surface area contributed by atoms with Crippen LogP contribution in [0.1, 0.15) is 15.9 Å². The van der Waals surface area contributed by atoms with Crippen LogP contribution in [0.5, 0.6) is 23.0 Å². The van der Waals surface area contributed by atoms with E-state index >= 15 is 0 Å². The summed E-state index contributed by atoms with van der Waals surface area (Å²) >= 11 is 0. The first kappa shape index (κ1) is 15.2. The highest BCUT2D eigenvalue weighted by molar-refractivity contribution is 5.94. The Morgan fingerprint density at radius 2 is 1.68 bits per heavy atom. The van der Waals surface area contributed by atoms with Gasteiger partial charge in [0.25, 0.3) is 0 Å². The molecule has 1 N–H and O–H groups in total. The van der Waals surface area contributed by atoms with Crippen molar-refractivity contribution < 1.29 is 24.1 Å². The fourth-order valence-corrected chi connectivity index (χ4v) is 1.79. The van der Waals surface area contributed by atoms with Gasteiger partial charge < -0.3 is 19.3 Å². The van der Waals surface area contributed by atoms with Crippen molar-refractivity contribution in [3.05, 3.63) is 47.5 Å². The third kappa shape index (κ3) is 3.10. The second kappa shape index (κ2) is 6.50. The lowest BCUT2D eigenvalue weighted by Crippen LogP contribution is -2.09. The number of esters is 1. The molecule has 0 saturated carbocycles. The Bertz CT molecular complexity index is 731. The van der Waals surface area contributed by atoms with E-state index in [4.69, 9.17) is 19.5 Å². The number of phenols is 1. The average Bonchev–Trinajstić information content (AvgIpc) is 2.55. The van der Waals surface area contributed by atoms with Crippen LogP contribution in [-0.2, 0) is 0 Å². The van der Waals surface area contributed by atoms with Crippen LogP contribution in [0.2, 0.25) is 0 Å². The lowest BCUT2D eigenvalue weighted by molar-refractivity contribution is 0.0731. The summed E-state index contributed by atoms with van der Waals surface area (Å²) in [4.78, 5) is 12.1. The summed E-state index contributed by atoms with van der Waals surface area (Å²) in [5.41, 5.74) is 0.399. The average molecular weight is 299 g/mol. The molecule has 0 radical (unpaired) electrons. The highest BCUT2D eigenvalue weighted by Crippen LogP contribution is 2.34. The third-order valence-corrected chi connectivity index (χ3v) is 2.92. The predicted octanol–water partition coefficient (Wildman–Crippen LogP) is 2.50. The summed E-state index contributed by atoms with van der Waals surface area (Å²) in [6.07, 6.45) is 0. The maximum absolute atomic E-state index is 12.1. The molecule has 0 aromatic heterocycles. The van der Waals surface area contributed by atoms with Crippen LogP contribution in [-0.4, -0.2) is 25.3 Å². The lowest BCUT2D eigenvalue weighted by atomic mass is 10.1. The fourth-order valence-electron chi connectivity index (χ4n) is 1.79. The number of nitriles is 1. The summed E-state index contributed by atoms with van der Waals surface area (Å²) in [7, 11) is 2.84. The van der Waals surface area contributed by atoms with Gasteiger partial charge in [-0.25, -0.2) is 4.79 Å². The van der Waals surface area contributed by atoms with Gasteiger partial charge >= 0.3 is 5.97 Å². The van der Waals surface area contributed by atoms with Gasteiger partial charge in [0, 0.05) is 12.1 Å². The van der Waals surface area contributed by atoms with Crippen LogP contribution in [0.3, 0.4) is 0 Å². The topological polar surface area (TPSA) is 88.8 Å². The monoisotopic (exact) mass is 299 g/mol. The van der Waals surface area contributed by atoms with E-state index in [1.807, 2.05) is 6.07 Å². The van der Waals surface area contributed by atoms with Crippen LogP contribution in [0, 0.1) is 11.3 Å². The molecule has 0 saturated heterocycles. The molecule has 0 aliphatic carbocycles. The Morgan fingerprint density at radius 1 is 1.09 bits per heavy atom. The number of hydrogen-bond donors (Lipinski definition) is 1.